The van der Waals surface area contributed by atoms with E-state index in [9.17, 15) is 9.18 Å². The standard InChI is InChI=1S/C23H21BrFN3O2/c1-13-6-11-18(17(24)12-13)26-23(29)22-14(2)21-19(4-3-5-20(21)30-22)28-27-16-9-7-15(25)8-10-16/h6-12,27H,3-5H2,1-2H3,(H,26,29)/b28-19+. The molecule has 2 aromatic carbocycles. The lowest BCUT2D eigenvalue weighted by Crippen LogP contribution is -2.14. The highest BCUT2D eigenvalue weighted by molar-refractivity contribution is 9.10. The fourth-order valence-corrected chi connectivity index (χ4v) is 4.15. The first-order chi connectivity index (χ1) is 14.4. The molecule has 0 bridgehead atoms. The largest absolute Gasteiger partial charge is 0.455 e. The van der Waals surface area contributed by atoms with Crippen LogP contribution < -0.4 is 10.7 Å². The highest BCUT2D eigenvalue weighted by atomic mass is 79.9. The van der Waals surface area contributed by atoms with E-state index in [1.807, 2.05) is 32.0 Å². The summed E-state index contributed by atoms with van der Waals surface area (Å²) in [5.74, 6) is 0.474. The SMILES string of the molecule is Cc1ccc(NC(=O)c2oc3c(c2C)/C(=N/Nc2ccc(F)cc2)CCC3)c(Br)c1. The Kier molecular flexibility index (Phi) is 5.72. The zero-order valence-electron chi connectivity index (χ0n) is 16.7. The van der Waals surface area contributed by atoms with Crippen molar-refractivity contribution in [1.29, 1.82) is 0 Å². The lowest BCUT2D eigenvalue weighted by Gasteiger charge is -2.13. The average Bonchev–Trinajstić information content (AvgIpc) is 3.07. The van der Waals surface area contributed by atoms with E-state index < -0.39 is 0 Å². The smallest absolute Gasteiger partial charge is 0.291 e. The molecular weight excluding hydrogens is 449 g/mol. The van der Waals surface area contributed by atoms with Crippen molar-refractivity contribution in [2.45, 2.75) is 33.1 Å². The quantitative estimate of drug-likeness (QED) is 0.446. The van der Waals surface area contributed by atoms with Crippen molar-refractivity contribution in [2.24, 2.45) is 5.10 Å². The van der Waals surface area contributed by atoms with Gasteiger partial charge in [0.25, 0.3) is 5.91 Å². The van der Waals surface area contributed by atoms with Crippen molar-refractivity contribution >= 4 is 38.9 Å². The van der Waals surface area contributed by atoms with E-state index in [1.54, 1.807) is 12.1 Å². The summed E-state index contributed by atoms with van der Waals surface area (Å²) in [5, 5.41) is 7.42. The molecule has 0 aliphatic heterocycles. The molecule has 0 atom stereocenters. The highest BCUT2D eigenvalue weighted by Gasteiger charge is 2.28. The van der Waals surface area contributed by atoms with E-state index >= 15 is 0 Å². The van der Waals surface area contributed by atoms with Gasteiger partial charge in [-0.2, -0.15) is 5.10 Å². The Bertz CT molecular complexity index is 1140. The molecule has 1 aliphatic rings. The summed E-state index contributed by atoms with van der Waals surface area (Å²) in [4.78, 5) is 12.9. The number of furan rings is 1. The summed E-state index contributed by atoms with van der Waals surface area (Å²) >= 11 is 3.48. The number of rotatable bonds is 4. The van der Waals surface area contributed by atoms with Gasteiger partial charge in [0, 0.05) is 22.0 Å². The summed E-state index contributed by atoms with van der Waals surface area (Å²) in [7, 11) is 0. The number of carbonyl (C=O) groups excluding carboxylic acids is 1. The first kappa shape index (κ1) is 20.3. The second-order valence-electron chi connectivity index (χ2n) is 7.32. The zero-order valence-corrected chi connectivity index (χ0v) is 18.3. The molecule has 0 saturated carbocycles. The molecule has 7 heteroatoms. The van der Waals surface area contributed by atoms with Crippen molar-refractivity contribution in [3.8, 4) is 0 Å². The molecule has 1 aromatic heterocycles. The van der Waals surface area contributed by atoms with E-state index in [2.05, 4.69) is 31.8 Å². The summed E-state index contributed by atoms with van der Waals surface area (Å²) in [6.45, 7) is 3.86. The number of fused-ring (bicyclic) bond motifs is 1. The number of aryl methyl sites for hydroxylation is 2. The van der Waals surface area contributed by atoms with E-state index in [1.165, 1.54) is 12.1 Å². The zero-order chi connectivity index (χ0) is 21.3. The van der Waals surface area contributed by atoms with E-state index in [0.717, 1.165) is 51.9 Å². The van der Waals surface area contributed by atoms with Gasteiger partial charge < -0.3 is 9.73 Å². The minimum Gasteiger partial charge on any atom is -0.455 e. The first-order valence-electron chi connectivity index (χ1n) is 9.70. The Hall–Kier alpha value is -2.93. The number of halogens is 2. The molecular formula is C23H21BrFN3O2. The van der Waals surface area contributed by atoms with Gasteiger partial charge in [0.2, 0.25) is 0 Å². The van der Waals surface area contributed by atoms with Crippen LogP contribution >= 0.6 is 15.9 Å². The Morgan fingerprint density at radius 1 is 1.13 bits per heavy atom. The molecule has 5 nitrogen and oxygen atoms in total. The minimum atomic E-state index is -0.297. The van der Waals surface area contributed by atoms with Gasteiger partial charge in [0.1, 0.15) is 11.6 Å². The summed E-state index contributed by atoms with van der Waals surface area (Å²) in [6, 6.07) is 11.8. The van der Waals surface area contributed by atoms with Crippen molar-refractivity contribution in [2.75, 3.05) is 10.7 Å². The van der Waals surface area contributed by atoms with Gasteiger partial charge in [-0.25, -0.2) is 4.39 Å². The van der Waals surface area contributed by atoms with Crippen LogP contribution in [0.2, 0.25) is 0 Å². The molecule has 30 heavy (non-hydrogen) atoms. The van der Waals surface area contributed by atoms with Crippen molar-refractivity contribution in [3.05, 3.63) is 81.0 Å². The summed E-state index contributed by atoms with van der Waals surface area (Å²) in [5.41, 5.74) is 7.93. The van der Waals surface area contributed by atoms with Gasteiger partial charge in [-0.15, -0.1) is 0 Å². The predicted octanol–water partition coefficient (Wildman–Crippen LogP) is 6.20. The summed E-state index contributed by atoms with van der Waals surface area (Å²) in [6.07, 6.45) is 2.41. The fraction of sp³-hybridized carbons (Fsp3) is 0.217. The Balaban J connectivity index is 1.59. The van der Waals surface area contributed by atoms with Crippen molar-refractivity contribution in [3.63, 3.8) is 0 Å². The third-order valence-corrected chi connectivity index (χ3v) is 5.72. The normalized spacial score (nSPS) is 14.5. The van der Waals surface area contributed by atoms with Crippen LogP contribution in [-0.2, 0) is 6.42 Å². The molecule has 2 N–H and O–H groups in total. The van der Waals surface area contributed by atoms with Crippen LogP contribution in [-0.4, -0.2) is 11.6 Å². The lowest BCUT2D eigenvalue weighted by molar-refractivity contribution is 0.0994. The molecule has 0 saturated heterocycles. The Morgan fingerprint density at radius 3 is 2.63 bits per heavy atom. The van der Waals surface area contributed by atoms with Crippen molar-refractivity contribution < 1.29 is 13.6 Å². The van der Waals surface area contributed by atoms with Gasteiger partial charge in [-0.1, -0.05) is 6.07 Å². The maximum absolute atomic E-state index is 13.1. The molecule has 3 aromatic rings. The van der Waals surface area contributed by atoms with E-state index in [-0.39, 0.29) is 11.7 Å². The number of nitrogens with zero attached hydrogens (tertiary/aromatic N) is 1. The number of amides is 1. The van der Waals surface area contributed by atoms with Crippen LogP contribution in [0.3, 0.4) is 0 Å². The molecule has 154 valence electrons. The molecule has 1 heterocycles. The Labute approximate surface area is 182 Å². The highest BCUT2D eigenvalue weighted by Crippen LogP contribution is 2.31. The average molecular weight is 470 g/mol. The number of carbonyl (C=O) groups is 1. The van der Waals surface area contributed by atoms with Gasteiger partial charge in [0.05, 0.1) is 17.1 Å². The predicted molar refractivity (Wildman–Crippen MR) is 120 cm³/mol. The number of hydrazone groups is 1. The monoisotopic (exact) mass is 469 g/mol. The van der Waals surface area contributed by atoms with Gasteiger partial charge in [-0.05, 0) is 84.6 Å². The lowest BCUT2D eigenvalue weighted by atomic mass is 9.93. The second kappa shape index (κ2) is 8.44. The van der Waals surface area contributed by atoms with Crippen LogP contribution in [0.5, 0.6) is 0 Å². The van der Waals surface area contributed by atoms with Crippen LogP contribution in [0.15, 0.2) is 56.5 Å². The first-order valence-corrected chi connectivity index (χ1v) is 10.5. The maximum atomic E-state index is 13.1. The third-order valence-electron chi connectivity index (χ3n) is 5.07. The molecule has 0 radical (unpaired) electrons. The van der Waals surface area contributed by atoms with Crippen LogP contribution in [0.1, 0.15) is 45.8 Å². The van der Waals surface area contributed by atoms with Gasteiger partial charge >= 0.3 is 0 Å². The summed E-state index contributed by atoms with van der Waals surface area (Å²) < 4.78 is 19.9. The molecule has 1 amide bonds. The number of nitrogens with one attached hydrogen (secondary N) is 2. The number of hydrogen-bond acceptors (Lipinski definition) is 4. The van der Waals surface area contributed by atoms with Gasteiger partial charge in [0.15, 0.2) is 5.76 Å². The van der Waals surface area contributed by atoms with Crippen molar-refractivity contribution in [1.82, 2.24) is 0 Å². The fourth-order valence-electron chi connectivity index (χ4n) is 3.55. The topological polar surface area (TPSA) is 66.6 Å². The molecule has 0 fully saturated rings. The third kappa shape index (κ3) is 4.16. The maximum Gasteiger partial charge on any atom is 0.291 e. The van der Waals surface area contributed by atoms with E-state index in [0.29, 0.717) is 17.1 Å². The van der Waals surface area contributed by atoms with E-state index in [4.69, 9.17) is 4.42 Å². The van der Waals surface area contributed by atoms with Gasteiger partial charge in [-0.3, -0.25) is 10.2 Å². The molecule has 1 aliphatic carbocycles. The van der Waals surface area contributed by atoms with Crippen LogP contribution in [0.4, 0.5) is 15.8 Å². The van der Waals surface area contributed by atoms with Crippen LogP contribution in [0, 0.1) is 19.7 Å². The number of anilines is 2. The minimum absolute atomic E-state index is 0.294. The second-order valence-corrected chi connectivity index (χ2v) is 8.18. The molecule has 4 rings (SSSR count). The molecule has 0 unspecified atom stereocenters. The number of benzene rings is 2. The number of hydrogen-bond donors (Lipinski definition) is 2. The molecule has 0 spiro atoms. The Morgan fingerprint density at radius 2 is 1.90 bits per heavy atom. The van der Waals surface area contributed by atoms with Crippen LogP contribution in [0.25, 0.3) is 0 Å².